The fourth-order valence-corrected chi connectivity index (χ4v) is 1.70. The van der Waals surface area contributed by atoms with Gasteiger partial charge < -0.3 is 10.1 Å². The van der Waals surface area contributed by atoms with E-state index >= 15 is 0 Å². The lowest BCUT2D eigenvalue weighted by Crippen LogP contribution is -2.06. The lowest BCUT2D eigenvalue weighted by atomic mass is 10.2. The molecule has 2 rings (SSSR count). The molecule has 0 saturated carbocycles. The summed E-state index contributed by atoms with van der Waals surface area (Å²) in [6, 6.07) is 5.32. The van der Waals surface area contributed by atoms with Gasteiger partial charge in [0.05, 0.1) is 0 Å². The summed E-state index contributed by atoms with van der Waals surface area (Å²) >= 11 is 0. The Bertz CT molecular complexity index is 632. The summed E-state index contributed by atoms with van der Waals surface area (Å²) in [6.07, 6.45) is 0. The van der Waals surface area contributed by atoms with E-state index in [9.17, 15) is 8.78 Å². The molecular formula is C15H17F2N3O. The highest BCUT2D eigenvalue weighted by Crippen LogP contribution is 2.27. The molecule has 1 aromatic carbocycles. The van der Waals surface area contributed by atoms with Crippen LogP contribution < -0.4 is 10.1 Å². The minimum atomic E-state index is -1.03. The zero-order chi connectivity index (χ0) is 15.4. The van der Waals surface area contributed by atoms with Crippen molar-refractivity contribution in [1.29, 1.82) is 0 Å². The van der Waals surface area contributed by atoms with Gasteiger partial charge in [-0.1, -0.05) is 19.9 Å². The summed E-state index contributed by atoms with van der Waals surface area (Å²) in [4.78, 5) is 8.55. The highest BCUT2D eigenvalue weighted by atomic mass is 19.2. The van der Waals surface area contributed by atoms with Crippen LogP contribution in [0.1, 0.15) is 32.5 Å². The first-order valence-corrected chi connectivity index (χ1v) is 6.76. The Kier molecular flexibility index (Phi) is 4.67. The zero-order valence-corrected chi connectivity index (χ0v) is 12.2. The van der Waals surface area contributed by atoms with E-state index in [2.05, 4.69) is 15.3 Å². The predicted octanol–water partition coefficient (Wildman–Crippen LogP) is 4.10. The third kappa shape index (κ3) is 3.65. The highest BCUT2D eigenvalue weighted by molar-refractivity contribution is 5.40. The Morgan fingerprint density at radius 3 is 2.67 bits per heavy atom. The third-order valence-electron chi connectivity index (χ3n) is 2.72. The topological polar surface area (TPSA) is 47.0 Å². The predicted molar refractivity (Wildman–Crippen MR) is 76.7 cm³/mol. The Hall–Kier alpha value is -2.24. The van der Waals surface area contributed by atoms with E-state index in [1.54, 1.807) is 6.07 Å². The second kappa shape index (κ2) is 6.47. The maximum Gasteiger partial charge on any atom is 0.224 e. The normalized spacial score (nSPS) is 10.8. The lowest BCUT2D eigenvalue weighted by molar-refractivity contribution is 0.403. The Morgan fingerprint density at radius 1 is 1.24 bits per heavy atom. The standard InChI is InChI=1S/C15H17F2N3O/c1-4-18-12-8-13(20-15(19-12)9(2)3)21-11-7-5-6-10(16)14(11)17/h5-9H,4H2,1-3H3,(H,18,19,20). The average Bonchev–Trinajstić information content (AvgIpc) is 2.44. The van der Waals surface area contributed by atoms with E-state index in [1.807, 2.05) is 20.8 Å². The molecule has 0 atom stereocenters. The van der Waals surface area contributed by atoms with Gasteiger partial charge in [0.2, 0.25) is 11.7 Å². The van der Waals surface area contributed by atoms with Gasteiger partial charge >= 0.3 is 0 Å². The van der Waals surface area contributed by atoms with Gasteiger partial charge in [0.25, 0.3) is 0 Å². The van der Waals surface area contributed by atoms with Crippen molar-refractivity contribution in [3.8, 4) is 11.6 Å². The first kappa shape index (κ1) is 15.2. The SMILES string of the molecule is CCNc1cc(Oc2cccc(F)c2F)nc(C(C)C)n1. The van der Waals surface area contributed by atoms with E-state index in [-0.39, 0.29) is 17.5 Å². The Labute approximate surface area is 122 Å². The largest absolute Gasteiger partial charge is 0.436 e. The second-order valence-corrected chi connectivity index (χ2v) is 4.79. The van der Waals surface area contributed by atoms with E-state index in [4.69, 9.17) is 4.74 Å². The van der Waals surface area contributed by atoms with Crippen molar-refractivity contribution in [3.05, 3.63) is 41.7 Å². The van der Waals surface area contributed by atoms with Crippen LogP contribution in [0, 0.1) is 11.6 Å². The molecule has 0 bridgehead atoms. The number of rotatable bonds is 5. The highest BCUT2D eigenvalue weighted by Gasteiger charge is 2.13. The Balaban J connectivity index is 2.36. The van der Waals surface area contributed by atoms with Crippen molar-refractivity contribution >= 4 is 5.82 Å². The van der Waals surface area contributed by atoms with Crippen molar-refractivity contribution < 1.29 is 13.5 Å². The first-order valence-electron chi connectivity index (χ1n) is 6.76. The summed E-state index contributed by atoms with van der Waals surface area (Å²) < 4.78 is 32.2. The zero-order valence-electron chi connectivity index (χ0n) is 12.2. The van der Waals surface area contributed by atoms with E-state index in [0.717, 1.165) is 6.07 Å². The number of anilines is 1. The summed E-state index contributed by atoms with van der Waals surface area (Å²) in [5.41, 5.74) is 0. The fraction of sp³-hybridized carbons (Fsp3) is 0.333. The number of benzene rings is 1. The number of hydrogen-bond acceptors (Lipinski definition) is 4. The van der Waals surface area contributed by atoms with Crippen LogP contribution in [0.25, 0.3) is 0 Å². The Morgan fingerprint density at radius 2 is 2.00 bits per heavy atom. The maximum absolute atomic E-state index is 13.6. The van der Waals surface area contributed by atoms with Gasteiger partial charge in [0.15, 0.2) is 11.6 Å². The van der Waals surface area contributed by atoms with Gasteiger partial charge in [-0.25, -0.2) is 9.37 Å². The van der Waals surface area contributed by atoms with Crippen LogP contribution in [0.15, 0.2) is 24.3 Å². The monoisotopic (exact) mass is 293 g/mol. The van der Waals surface area contributed by atoms with Crippen LogP contribution in [0.2, 0.25) is 0 Å². The number of ether oxygens (including phenoxy) is 1. The lowest BCUT2D eigenvalue weighted by Gasteiger charge is -2.12. The van der Waals surface area contributed by atoms with Crippen molar-refractivity contribution in [2.24, 2.45) is 0 Å². The van der Waals surface area contributed by atoms with E-state index in [0.29, 0.717) is 18.2 Å². The van der Waals surface area contributed by atoms with Gasteiger partial charge in [-0.2, -0.15) is 9.37 Å². The minimum Gasteiger partial charge on any atom is -0.436 e. The van der Waals surface area contributed by atoms with Crippen molar-refractivity contribution in [1.82, 2.24) is 9.97 Å². The molecule has 4 nitrogen and oxygen atoms in total. The van der Waals surface area contributed by atoms with Crippen LogP contribution in [-0.4, -0.2) is 16.5 Å². The van der Waals surface area contributed by atoms with Crippen molar-refractivity contribution in [2.75, 3.05) is 11.9 Å². The van der Waals surface area contributed by atoms with Gasteiger partial charge in [-0.15, -0.1) is 0 Å². The molecule has 1 aromatic heterocycles. The molecule has 0 unspecified atom stereocenters. The molecule has 0 spiro atoms. The molecule has 6 heteroatoms. The van der Waals surface area contributed by atoms with Crippen LogP contribution in [0.4, 0.5) is 14.6 Å². The molecule has 0 saturated heterocycles. The summed E-state index contributed by atoms with van der Waals surface area (Å²) in [5.74, 6) is -0.781. The van der Waals surface area contributed by atoms with E-state index < -0.39 is 11.6 Å². The number of aromatic nitrogens is 2. The van der Waals surface area contributed by atoms with E-state index in [1.165, 1.54) is 12.1 Å². The molecule has 0 aliphatic carbocycles. The molecule has 1 heterocycles. The van der Waals surface area contributed by atoms with Crippen molar-refractivity contribution in [3.63, 3.8) is 0 Å². The molecule has 0 aliphatic rings. The second-order valence-electron chi connectivity index (χ2n) is 4.79. The molecule has 112 valence electrons. The van der Waals surface area contributed by atoms with Gasteiger partial charge in [0.1, 0.15) is 11.6 Å². The van der Waals surface area contributed by atoms with Gasteiger partial charge in [0, 0.05) is 18.5 Å². The molecule has 1 N–H and O–H groups in total. The number of nitrogens with one attached hydrogen (secondary N) is 1. The molecule has 21 heavy (non-hydrogen) atoms. The molecular weight excluding hydrogens is 276 g/mol. The van der Waals surface area contributed by atoms with Gasteiger partial charge in [-0.3, -0.25) is 0 Å². The minimum absolute atomic E-state index is 0.0864. The maximum atomic E-state index is 13.6. The number of hydrogen-bond donors (Lipinski definition) is 1. The number of nitrogens with zero attached hydrogens (tertiary/aromatic N) is 2. The smallest absolute Gasteiger partial charge is 0.224 e. The van der Waals surface area contributed by atoms with Crippen LogP contribution in [0.5, 0.6) is 11.6 Å². The molecule has 0 aliphatic heterocycles. The third-order valence-corrected chi connectivity index (χ3v) is 2.72. The molecule has 2 aromatic rings. The average molecular weight is 293 g/mol. The molecule has 0 fully saturated rings. The van der Waals surface area contributed by atoms with Crippen LogP contribution in [0.3, 0.4) is 0 Å². The van der Waals surface area contributed by atoms with Crippen LogP contribution in [-0.2, 0) is 0 Å². The number of halogens is 2. The summed E-state index contributed by atoms with van der Waals surface area (Å²) in [6.45, 7) is 6.50. The fourth-order valence-electron chi connectivity index (χ4n) is 1.70. The van der Waals surface area contributed by atoms with Gasteiger partial charge in [-0.05, 0) is 19.1 Å². The first-order chi connectivity index (χ1) is 10.0. The summed E-state index contributed by atoms with van der Waals surface area (Å²) in [7, 11) is 0. The molecule has 0 radical (unpaired) electrons. The quantitative estimate of drug-likeness (QED) is 0.901. The molecule has 0 amide bonds. The summed E-state index contributed by atoms with van der Waals surface area (Å²) in [5, 5.41) is 3.06. The van der Waals surface area contributed by atoms with Crippen LogP contribution >= 0.6 is 0 Å². The van der Waals surface area contributed by atoms with Crippen molar-refractivity contribution in [2.45, 2.75) is 26.7 Å².